The molecule has 2 aromatic rings. The Labute approximate surface area is 163 Å². The van der Waals surface area contributed by atoms with E-state index in [9.17, 15) is 10.2 Å². The van der Waals surface area contributed by atoms with Gasteiger partial charge in [0.05, 0.1) is 26.8 Å². The molecule has 0 heterocycles. The molecule has 0 spiro atoms. The summed E-state index contributed by atoms with van der Waals surface area (Å²) in [6.07, 6.45) is 3.21. The quantitative estimate of drug-likeness (QED) is 0.544. The van der Waals surface area contributed by atoms with E-state index in [1.54, 1.807) is 50.9 Å². The number of phenols is 2. The predicted octanol–water partition coefficient (Wildman–Crippen LogP) is 3.04. The summed E-state index contributed by atoms with van der Waals surface area (Å²) in [7, 11) is 3.09. The van der Waals surface area contributed by atoms with E-state index in [1.165, 1.54) is 12.1 Å². The molecule has 0 aliphatic heterocycles. The molecule has 1 radical (unpaired) electrons. The first kappa shape index (κ1) is 21.5. The fourth-order valence-electron chi connectivity index (χ4n) is 2.08. The number of hydrogen-bond donors (Lipinski definition) is 2. The summed E-state index contributed by atoms with van der Waals surface area (Å²) in [5.41, 5.74) is 1.23. The summed E-state index contributed by atoms with van der Waals surface area (Å²) in [5, 5.41) is 19.8. The van der Waals surface area contributed by atoms with Crippen LogP contribution in [0.3, 0.4) is 0 Å². The van der Waals surface area contributed by atoms with Crippen LogP contribution in [-0.4, -0.2) is 49.4 Å². The Hall–Kier alpha value is -2.50. The van der Waals surface area contributed by atoms with Crippen molar-refractivity contribution in [1.29, 1.82) is 0 Å². The van der Waals surface area contributed by atoms with E-state index in [2.05, 4.69) is 9.98 Å². The van der Waals surface area contributed by atoms with Gasteiger partial charge in [-0.25, -0.2) is 0 Å². The Morgan fingerprint density at radius 2 is 1.42 bits per heavy atom. The molecule has 0 aliphatic rings. The third kappa shape index (κ3) is 6.10. The van der Waals surface area contributed by atoms with Gasteiger partial charge >= 0.3 is 0 Å². The number of aromatic hydroxyl groups is 2. The first-order valence-electron chi connectivity index (χ1n) is 7.80. The van der Waals surface area contributed by atoms with E-state index in [1.807, 2.05) is 6.92 Å². The van der Waals surface area contributed by atoms with Crippen LogP contribution in [0.2, 0.25) is 0 Å². The smallest absolute Gasteiger partial charge is 0.128 e. The third-order valence-corrected chi connectivity index (χ3v) is 3.54. The number of aliphatic imine (C=N–C) groups is 2. The van der Waals surface area contributed by atoms with Gasteiger partial charge in [0.1, 0.15) is 23.0 Å². The van der Waals surface area contributed by atoms with Gasteiger partial charge in [0.15, 0.2) is 0 Å². The molecule has 143 valence electrons. The Bertz CT molecular complexity index is 778. The summed E-state index contributed by atoms with van der Waals surface area (Å²) in [5.74, 6) is 1.41. The number of methoxy groups -OCH3 is 2. The van der Waals surface area contributed by atoms with Crippen LogP contribution in [0.15, 0.2) is 46.4 Å². The number of rotatable bonds is 7. The van der Waals surface area contributed by atoms with Gasteiger partial charge in [-0.1, -0.05) is 0 Å². The molecule has 1 unspecified atom stereocenters. The summed E-state index contributed by atoms with van der Waals surface area (Å²) in [6.45, 7) is 2.38. The zero-order valence-electron chi connectivity index (χ0n) is 14.8. The molecule has 2 aromatic carbocycles. The number of nitrogens with zero attached hydrogens (tertiary/aromatic N) is 2. The van der Waals surface area contributed by atoms with E-state index >= 15 is 0 Å². The fourth-order valence-corrected chi connectivity index (χ4v) is 2.08. The summed E-state index contributed by atoms with van der Waals surface area (Å²) in [6, 6.07) is 10.00. The minimum absolute atomic E-state index is 0. The topological polar surface area (TPSA) is 83.6 Å². The standard InChI is InChI=1S/C19H22N2O4.Cu/c1-13(21-12-15-5-7-17(25-3)9-19(15)23)10-20-11-14-4-6-16(24-2)8-18(14)22;/h4-9,11-13,22-23H,10H2,1-3H3;/i;1+3. The second kappa shape index (κ2) is 10.5. The van der Waals surface area contributed by atoms with Crippen LogP contribution in [0, 0.1) is 0 Å². The number of benzene rings is 2. The maximum absolute atomic E-state index is 9.89. The predicted molar refractivity (Wildman–Crippen MR) is 98.8 cm³/mol. The van der Waals surface area contributed by atoms with E-state index in [0.717, 1.165) is 0 Å². The molecule has 0 amide bonds. The number of phenolic OH excluding ortho intramolecular Hbond substituents is 2. The van der Waals surface area contributed by atoms with Crippen LogP contribution in [0.4, 0.5) is 0 Å². The second-order valence-electron chi connectivity index (χ2n) is 5.47. The average molecular weight is 409 g/mol. The van der Waals surface area contributed by atoms with Crippen molar-refractivity contribution in [2.24, 2.45) is 9.98 Å². The largest absolute Gasteiger partial charge is 0.507 e. The Balaban J connectivity index is 0.00000338. The average Bonchev–Trinajstić information content (AvgIpc) is 2.61. The second-order valence-corrected chi connectivity index (χ2v) is 5.47. The molecule has 0 fully saturated rings. The van der Waals surface area contributed by atoms with Crippen LogP contribution >= 0.6 is 0 Å². The zero-order valence-corrected chi connectivity index (χ0v) is 15.8. The van der Waals surface area contributed by atoms with Gasteiger partial charge in [0.25, 0.3) is 0 Å². The normalized spacial score (nSPS) is 12.1. The first-order chi connectivity index (χ1) is 12.0. The summed E-state index contributed by atoms with van der Waals surface area (Å²) in [4.78, 5) is 8.67. The van der Waals surface area contributed by atoms with Crippen molar-refractivity contribution >= 4 is 12.4 Å². The third-order valence-electron chi connectivity index (χ3n) is 3.54. The molecule has 1 atom stereocenters. The maximum atomic E-state index is 9.89. The Morgan fingerprint density at radius 3 is 1.88 bits per heavy atom. The molecule has 2 N–H and O–H groups in total. The molecular formula is C19H22CuN2O4. The molecule has 7 heteroatoms. The van der Waals surface area contributed by atoms with Gasteiger partial charge in [0.2, 0.25) is 0 Å². The van der Waals surface area contributed by atoms with Crippen molar-refractivity contribution in [3.8, 4) is 23.0 Å². The van der Waals surface area contributed by atoms with Gasteiger partial charge in [-0.05, 0) is 31.2 Å². The minimum Gasteiger partial charge on any atom is -0.507 e. The first-order valence-corrected chi connectivity index (χ1v) is 7.80. The molecule has 2 rings (SSSR count). The molecule has 0 saturated carbocycles. The molecule has 6 nitrogen and oxygen atoms in total. The fraction of sp³-hybridized carbons (Fsp3) is 0.263. The Morgan fingerprint density at radius 1 is 0.923 bits per heavy atom. The van der Waals surface area contributed by atoms with Crippen molar-refractivity contribution in [3.63, 3.8) is 0 Å². The van der Waals surface area contributed by atoms with Crippen LogP contribution in [0.5, 0.6) is 23.0 Å². The Kier molecular flexibility index (Phi) is 8.68. The van der Waals surface area contributed by atoms with E-state index in [-0.39, 0.29) is 34.6 Å². The van der Waals surface area contributed by atoms with Gasteiger partial charge in [0, 0.05) is 52.8 Å². The monoisotopic (exact) mass is 409 g/mol. The zero-order chi connectivity index (χ0) is 18.2. The van der Waals surface area contributed by atoms with Crippen molar-refractivity contribution in [2.75, 3.05) is 20.8 Å². The summed E-state index contributed by atoms with van der Waals surface area (Å²) < 4.78 is 10.1. The molecule has 26 heavy (non-hydrogen) atoms. The molecular weight excluding hydrogens is 387 g/mol. The van der Waals surface area contributed by atoms with E-state index in [4.69, 9.17) is 9.47 Å². The van der Waals surface area contributed by atoms with Crippen molar-refractivity contribution in [3.05, 3.63) is 47.5 Å². The summed E-state index contributed by atoms with van der Waals surface area (Å²) >= 11 is 0. The maximum Gasteiger partial charge on any atom is 0.128 e. The van der Waals surface area contributed by atoms with E-state index in [0.29, 0.717) is 29.2 Å². The van der Waals surface area contributed by atoms with Crippen LogP contribution < -0.4 is 9.47 Å². The van der Waals surface area contributed by atoms with Crippen molar-refractivity contribution < 1.29 is 36.8 Å². The van der Waals surface area contributed by atoms with Gasteiger partial charge in [-0.2, -0.15) is 0 Å². The molecule has 0 aromatic heterocycles. The SMILES string of the molecule is COc1ccc(C=NCC(C)N=Cc2ccc(OC)cc2O)c(O)c1.[67Cu]. The molecule has 0 bridgehead atoms. The minimum atomic E-state index is -0.0712. The van der Waals surface area contributed by atoms with Crippen molar-refractivity contribution in [2.45, 2.75) is 13.0 Å². The van der Waals surface area contributed by atoms with Crippen LogP contribution in [0.25, 0.3) is 0 Å². The van der Waals surface area contributed by atoms with E-state index < -0.39 is 0 Å². The van der Waals surface area contributed by atoms with Gasteiger partial charge < -0.3 is 19.7 Å². The number of hydrogen-bond acceptors (Lipinski definition) is 6. The van der Waals surface area contributed by atoms with Crippen molar-refractivity contribution in [1.82, 2.24) is 0 Å². The number of ether oxygens (including phenoxy) is 2. The van der Waals surface area contributed by atoms with Gasteiger partial charge in [-0.15, -0.1) is 0 Å². The molecule has 0 saturated heterocycles. The van der Waals surface area contributed by atoms with Crippen LogP contribution in [0.1, 0.15) is 18.1 Å². The molecule has 0 aliphatic carbocycles. The van der Waals surface area contributed by atoms with Crippen LogP contribution in [-0.2, 0) is 17.1 Å². The van der Waals surface area contributed by atoms with Gasteiger partial charge in [-0.3, -0.25) is 9.98 Å².